The molecule has 2 aromatic heterocycles. The van der Waals surface area contributed by atoms with Crippen molar-refractivity contribution < 1.29 is 13.9 Å². The van der Waals surface area contributed by atoms with Gasteiger partial charge in [-0.2, -0.15) is 15.0 Å². The van der Waals surface area contributed by atoms with Gasteiger partial charge < -0.3 is 14.6 Å². The molecular weight excluding hydrogens is 423 g/mol. The molecule has 0 atom stereocenters. The van der Waals surface area contributed by atoms with E-state index in [0.717, 1.165) is 12.8 Å². The lowest BCUT2D eigenvalue weighted by Gasteiger charge is -2.33. The van der Waals surface area contributed by atoms with Crippen molar-refractivity contribution in [3.63, 3.8) is 0 Å². The molecule has 1 aromatic carbocycles. The Kier molecular flexibility index (Phi) is 6.43. The lowest BCUT2D eigenvalue weighted by molar-refractivity contribution is -0.130. The molecule has 0 spiro atoms. The molecular formula is C21H22ClFN6O2. The van der Waals surface area contributed by atoms with Crippen molar-refractivity contribution in [2.75, 3.05) is 6.61 Å². The van der Waals surface area contributed by atoms with Gasteiger partial charge in [-0.1, -0.05) is 24.2 Å². The molecule has 0 unspecified atom stereocenters. The van der Waals surface area contributed by atoms with Crippen molar-refractivity contribution in [3.8, 4) is 11.3 Å². The van der Waals surface area contributed by atoms with Crippen LogP contribution < -0.4 is 5.32 Å². The molecule has 1 N–H and O–H groups in total. The van der Waals surface area contributed by atoms with Crippen molar-refractivity contribution in [3.05, 3.63) is 66.2 Å². The van der Waals surface area contributed by atoms with Crippen LogP contribution in [-0.4, -0.2) is 43.2 Å². The molecule has 1 saturated carbocycles. The van der Waals surface area contributed by atoms with Gasteiger partial charge in [-0.15, -0.1) is 0 Å². The zero-order valence-electron chi connectivity index (χ0n) is 16.7. The number of nitrogens with one attached hydrogen (secondary N) is 1. The van der Waals surface area contributed by atoms with Crippen molar-refractivity contribution in [2.24, 2.45) is 0 Å². The van der Waals surface area contributed by atoms with Gasteiger partial charge in [0.25, 0.3) is 0 Å². The number of carbonyl (C=O) groups excluding carboxylic acids is 1. The predicted molar refractivity (Wildman–Crippen MR) is 113 cm³/mol. The first kappa shape index (κ1) is 21.2. The van der Waals surface area contributed by atoms with Gasteiger partial charge >= 0.3 is 0 Å². The third-order valence-electron chi connectivity index (χ3n) is 5.12. The predicted octanol–water partition coefficient (Wildman–Crippen LogP) is 3.37. The zero-order chi connectivity index (χ0) is 21.8. The first-order chi connectivity index (χ1) is 15.0. The summed E-state index contributed by atoms with van der Waals surface area (Å²) < 4.78 is 21.1. The summed E-state index contributed by atoms with van der Waals surface area (Å²) >= 11 is 5.72. The van der Waals surface area contributed by atoms with Gasteiger partial charge in [0.05, 0.1) is 41.6 Å². The van der Waals surface area contributed by atoms with Crippen LogP contribution in [0, 0.1) is 5.82 Å². The van der Waals surface area contributed by atoms with Crippen LogP contribution in [0.15, 0.2) is 55.4 Å². The van der Waals surface area contributed by atoms with Gasteiger partial charge in [0.2, 0.25) is 5.91 Å². The number of halogens is 2. The minimum absolute atomic E-state index is 0.0136. The molecule has 8 nitrogen and oxygen atoms in total. The molecule has 4 rings (SSSR count). The number of aromatic nitrogens is 5. The van der Waals surface area contributed by atoms with Crippen molar-refractivity contribution in [1.82, 2.24) is 29.9 Å². The van der Waals surface area contributed by atoms with Gasteiger partial charge in [0.1, 0.15) is 12.4 Å². The van der Waals surface area contributed by atoms with E-state index in [1.54, 1.807) is 29.6 Å². The van der Waals surface area contributed by atoms with Crippen LogP contribution in [0.3, 0.4) is 0 Å². The van der Waals surface area contributed by atoms with Crippen molar-refractivity contribution in [2.45, 2.75) is 38.0 Å². The smallest absolute Gasteiger partial charge is 0.250 e. The number of aryl methyl sites for hydroxylation is 1. The van der Waals surface area contributed by atoms with Gasteiger partial charge in [-0.25, -0.2) is 9.37 Å². The lowest BCUT2D eigenvalue weighted by atomic mass is 9.90. The van der Waals surface area contributed by atoms with Crippen LogP contribution in [0.2, 0.25) is 5.02 Å². The van der Waals surface area contributed by atoms with E-state index in [2.05, 4.69) is 27.1 Å². The number of amides is 1. The first-order valence-electron chi connectivity index (χ1n) is 9.90. The Hall–Kier alpha value is -3.04. The number of nitrogens with zero attached hydrogens (tertiary/aromatic N) is 5. The van der Waals surface area contributed by atoms with E-state index in [4.69, 9.17) is 16.3 Å². The number of hydrogen-bond donors (Lipinski definition) is 1. The monoisotopic (exact) mass is 444 g/mol. The van der Waals surface area contributed by atoms with Crippen LogP contribution in [0.1, 0.15) is 25.3 Å². The van der Waals surface area contributed by atoms with Gasteiger partial charge in [0.15, 0.2) is 0 Å². The number of ether oxygens (including phenoxy) is 1. The van der Waals surface area contributed by atoms with E-state index in [0.29, 0.717) is 29.9 Å². The maximum Gasteiger partial charge on any atom is 0.250 e. The van der Waals surface area contributed by atoms with E-state index in [1.165, 1.54) is 12.1 Å². The van der Waals surface area contributed by atoms with E-state index >= 15 is 0 Å². The molecule has 10 heteroatoms. The summed E-state index contributed by atoms with van der Waals surface area (Å²) in [6, 6.07) is 4.81. The Morgan fingerprint density at radius 3 is 2.84 bits per heavy atom. The normalized spacial score (nSPS) is 17.9. The summed E-state index contributed by atoms with van der Waals surface area (Å²) in [5.74, 6) is -0.712. The zero-order valence-corrected chi connectivity index (χ0v) is 17.5. The summed E-state index contributed by atoms with van der Waals surface area (Å²) in [7, 11) is 0. The largest absolute Gasteiger partial charge is 0.368 e. The third kappa shape index (κ3) is 5.36. The van der Waals surface area contributed by atoms with Crippen molar-refractivity contribution >= 4 is 17.5 Å². The quantitative estimate of drug-likeness (QED) is 0.546. The highest BCUT2D eigenvalue weighted by molar-refractivity contribution is 6.30. The molecule has 3 aromatic rings. The SMILES string of the molecule is C=C(CCn1cnc(-c2ccc(Cl)c(F)c2)c1)NC(=O)COC1CC(n2nccn2)C1. The summed E-state index contributed by atoms with van der Waals surface area (Å²) in [4.78, 5) is 18.0. The molecule has 2 heterocycles. The lowest BCUT2D eigenvalue weighted by Crippen LogP contribution is -2.37. The summed E-state index contributed by atoms with van der Waals surface area (Å²) in [5.41, 5.74) is 1.88. The fourth-order valence-corrected chi connectivity index (χ4v) is 3.43. The van der Waals surface area contributed by atoms with E-state index in [1.807, 2.05) is 10.8 Å². The van der Waals surface area contributed by atoms with Crippen molar-refractivity contribution in [1.29, 1.82) is 0 Å². The molecule has 162 valence electrons. The standard InChI is InChI=1S/C21H22ClFN6O2/c1-14(27-21(30)12-31-17-9-16(10-17)29-25-5-6-26-29)4-7-28-11-20(24-13-28)15-2-3-18(22)19(23)8-15/h2-3,5-6,8,11,13,16-17H,1,4,7,9-10,12H2,(H,27,30). The maximum absolute atomic E-state index is 13.6. The molecule has 1 aliphatic rings. The summed E-state index contributed by atoms with van der Waals surface area (Å²) in [6.07, 6.45) is 8.92. The number of imidazole rings is 1. The van der Waals surface area contributed by atoms with Crippen LogP contribution in [0.5, 0.6) is 0 Å². The average molecular weight is 445 g/mol. The Bertz CT molecular complexity index is 1060. The third-order valence-corrected chi connectivity index (χ3v) is 5.43. The Morgan fingerprint density at radius 1 is 1.32 bits per heavy atom. The molecule has 31 heavy (non-hydrogen) atoms. The molecule has 1 fully saturated rings. The summed E-state index contributed by atoms with van der Waals surface area (Å²) in [5, 5.41) is 11.1. The highest BCUT2D eigenvalue weighted by atomic mass is 35.5. The number of rotatable bonds is 9. The fourth-order valence-electron chi connectivity index (χ4n) is 3.32. The topological polar surface area (TPSA) is 86.9 Å². The van der Waals surface area contributed by atoms with Crippen LogP contribution >= 0.6 is 11.6 Å². The molecule has 0 radical (unpaired) electrons. The van der Waals surface area contributed by atoms with Gasteiger partial charge in [-0.05, 0) is 25.0 Å². The highest BCUT2D eigenvalue weighted by Gasteiger charge is 2.32. The van der Waals surface area contributed by atoms with E-state index in [9.17, 15) is 9.18 Å². The second-order valence-electron chi connectivity index (χ2n) is 7.44. The number of hydrogen-bond acceptors (Lipinski definition) is 5. The molecule has 0 saturated heterocycles. The van der Waals surface area contributed by atoms with Crippen LogP contribution in [0.4, 0.5) is 4.39 Å². The Balaban J connectivity index is 1.16. The fraction of sp³-hybridized carbons (Fsp3) is 0.333. The minimum atomic E-state index is -0.484. The second-order valence-corrected chi connectivity index (χ2v) is 7.84. The van der Waals surface area contributed by atoms with Gasteiger partial charge in [-0.3, -0.25) is 4.79 Å². The summed E-state index contributed by atoms with van der Waals surface area (Å²) in [6.45, 7) is 4.46. The molecule has 0 aliphatic heterocycles. The number of allylic oxidation sites excluding steroid dienone is 1. The van der Waals surface area contributed by atoms with Crippen LogP contribution in [-0.2, 0) is 16.1 Å². The first-order valence-corrected chi connectivity index (χ1v) is 10.3. The Morgan fingerprint density at radius 2 is 2.10 bits per heavy atom. The molecule has 1 amide bonds. The van der Waals surface area contributed by atoms with E-state index < -0.39 is 5.82 Å². The number of benzene rings is 1. The molecule has 1 aliphatic carbocycles. The molecule has 0 bridgehead atoms. The minimum Gasteiger partial charge on any atom is -0.368 e. The maximum atomic E-state index is 13.6. The van der Waals surface area contributed by atoms with Crippen LogP contribution in [0.25, 0.3) is 11.3 Å². The Labute approximate surface area is 183 Å². The highest BCUT2D eigenvalue weighted by Crippen LogP contribution is 2.33. The van der Waals surface area contributed by atoms with Gasteiger partial charge in [0, 0.05) is 30.4 Å². The second kappa shape index (κ2) is 9.40. The number of carbonyl (C=O) groups is 1. The van der Waals surface area contributed by atoms with E-state index in [-0.39, 0.29) is 29.7 Å². The average Bonchev–Trinajstić information content (AvgIpc) is 3.39.